The van der Waals surface area contributed by atoms with Gasteiger partial charge in [0.25, 0.3) is 5.91 Å². The number of nitrogens with one attached hydrogen (secondary N) is 2. The van der Waals surface area contributed by atoms with E-state index < -0.39 is 0 Å². The third-order valence-electron chi connectivity index (χ3n) is 4.81. The van der Waals surface area contributed by atoms with Crippen LogP contribution in [0.4, 0.5) is 0 Å². The Labute approximate surface area is 157 Å². The average molecular weight is 365 g/mol. The second-order valence-electron chi connectivity index (χ2n) is 6.77. The number of hydrogen-bond donors (Lipinski definition) is 2. The van der Waals surface area contributed by atoms with E-state index in [2.05, 4.69) is 38.2 Å². The molecule has 0 radical (unpaired) electrons. The van der Waals surface area contributed by atoms with Crippen molar-refractivity contribution in [1.82, 2.24) is 35.4 Å². The molecule has 1 amide bonds. The smallest absolute Gasteiger partial charge is 0.273 e. The average Bonchev–Trinajstić information content (AvgIpc) is 3.40. The summed E-state index contributed by atoms with van der Waals surface area (Å²) in [5.41, 5.74) is 2.57. The molecule has 2 aromatic heterocycles. The first-order valence-corrected chi connectivity index (χ1v) is 9.24. The minimum Gasteiger partial charge on any atom is -0.347 e. The van der Waals surface area contributed by atoms with E-state index in [0.717, 1.165) is 38.0 Å². The van der Waals surface area contributed by atoms with Gasteiger partial charge in [0.2, 0.25) is 0 Å². The first-order chi connectivity index (χ1) is 13.3. The van der Waals surface area contributed by atoms with Gasteiger partial charge in [0.05, 0.1) is 18.8 Å². The standard InChI is InChI=1S/C19H23N7O/c27-19(18-14-26(24-23-18)17-6-9-20-10-7-17)21-12-15-2-4-16(5-3-15)13-25-11-1-8-22-25/h1-5,8,11,14,17,20H,6-7,9-10,12-13H2,(H,21,27). The number of piperidine rings is 1. The predicted molar refractivity (Wildman–Crippen MR) is 100 cm³/mol. The van der Waals surface area contributed by atoms with E-state index in [-0.39, 0.29) is 5.91 Å². The van der Waals surface area contributed by atoms with Crippen molar-refractivity contribution < 1.29 is 4.79 Å². The fourth-order valence-electron chi connectivity index (χ4n) is 3.25. The Balaban J connectivity index is 1.30. The highest BCUT2D eigenvalue weighted by atomic mass is 16.2. The van der Waals surface area contributed by atoms with Crippen LogP contribution in [-0.2, 0) is 13.1 Å². The third-order valence-corrected chi connectivity index (χ3v) is 4.81. The molecule has 0 bridgehead atoms. The van der Waals surface area contributed by atoms with Crippen LogP contribution in [-0.4, -0.2) is 43.8 Å². The van der Waals surface area contributed by atoms with Gasteiger partial charge in [0.1, 0.15) is 0 Å². The molecule has 2 N–H and O–H groups in total. The topological polar surface area (TPSA) is 89.7 Å². The quantitative estimate of drug-likeness (QED) is 0.689. The lowest BCUT2D eigenvalue weighted by molar-refractivity contribution is 0.0946. The molecule has 1 saturated heterocycles. The van der Waals surface area contributed by atoms with Gasteiger partial charge in [-0.2, -0.15) is 5.10 Å². The van der Waals surface area contributed by atoms with Crippen molar-refractivity contribution in [2.24, 2.45) is 0 Å². The molecule has 27 heavy (non-hydrogen) atoms. The van der Waals surface area contributed by atoms with Gasteiger partial charge in [0, 0.05) is 18.9 Å². The lowest BCUT2D eigenvalue weighted by atomic mass is 10.1. The molecule has 1 aliphatic heterocycles. The van der Waals surface area contributed by atoms with Crippen LogP contribution in [0.2, 0.25) is 0 Å². The summed E-state index contributed by atoms with van der Waals surface area (Å²) in [5.74, 6) is -0.198. The van der Waals surface area contributed by atoms with Crippen molar-refractivity contribution in [2.75, 3.05) is 13.1 Å². The highest BCUT2D eigenvalue weighted by Crippen LogP contribution is 2.17. The summed E-state index contributed by atoms with van der Waals surface area (Å²) in [6, 6.07) is 10.4. The predicted octanol–water partition coefficient (Wildman–Crippen LogP) is 1.38. The van der Waals surface area contributed by atoms with Gasteiger partial charge in [-0.05, 0) is 43.1 Å². The Kier molecular flexibility index (Phi) is 5.24. The Bertz CT molecular complexity index is 864. The van der Waals surface area contributed by atoms with E-state index in [1.54, 1.807) is 12.4 Å². The van der Waals surface area contributed by atoms with E-state index in [1.807, 2.05) is 33.8 Å². The van der Waals surface area contributed by atoms with Crippen molar-refractivity contribution in [2.45, 2.75) is 32.0 Å². The van der Waals surface area contributed by atoms with Crippen LogP contribution in [0.3, 0.4) is 0 Å². The van der Waals surface area contributed by atoms with Crippen LogP contribution in [0.1, 0.15) is 40.5 Å². The van der Waals surface area contributed by atoms with Gasteiger partial charge in [-0.1, -0.05) is 29.5 Å². The maximum atomic E-state index is 12.3. The van der Waals surface area contributed by atoms with E-state index in [4.69, 9.17) is 0 Å². The molecule has 1 aromatic carbocycles. The molecule has 1 aliphatic rings. The van der Waals surface area contributed by atoms with Crippen LogP contribution in [0, 0.1) is 0 Å². The number of rotatable bonds is 6. The number of amides is 1. The molecule has 0 atom stereocenters. The molecule has 4 rings (SSSR count). The molecule has 0 aliphatic carbocycles. The van der Waals surface area contributed by atoms with Gasteiger partial charge < -0.3 is 10.6 Å². The highest BCUT2D eigenvalue weighted by molar-refractivity contribution is 5.91. The summed E-state index contributed by atoms with van der Waals surface area (Å²) in [6.07, 6.45) is 7.47. The summed E-state index contributed by atoms with van der Waals surface area (Å²) >= 11 is 0. The SMILES string of the molecule is O=C(NCc1ccc(Cn2cccn2)cc1)c1cn(C2CCNCC2)nn1. The molecular formula is C19H23N7O. The minimum absolute atomic E-state index is 0.198. The monoisotopic (exact) mass is 365 g/mol. The second kappa shape index (κ2) is 8.13. The Hall–Kier alpha value is -3.00. The maximum Gasteiger partial charge on any atom is 0.273 e. The minimum atomic E-state index is -0.198. The molecule has 3 aromatic rings. The molecule has 140 valence electrons. The van der Waals surface area contributed by atoms with Crippen LogP contribution in [0.25, 0.3) is 0 Å². The summed E-state index contributed by atoms with van der Waals surface area (Å²) in [7, 11) is 0. The van der Waals surface area contributed by atoms with Crippen molar-refractivity contribution in [1.29, 1.82) is 0 Å². The number of carbonyl (C=O) groups is 1. The largest absolute Gasteiger partial charge is 0.347 e. The van der Waals surface area contributed by atoms with Gasteiger partial charge in [-0.3, -0.25) is 9.48 Å². The number of hydrogen-bond acceptors (Lipinski definition) is 5. The lowest BCUT2D eigenvalue weighted by Crippen LogP contribution is -2.29. The molecule has 8 heteroatoms. The van der Waals surface area contributed by atoms with E-state index >= 15 is 0 Å². The Morgan fingerprint density at radius 1 is 1.19 bits per heavy atom. The zero-order valence-corrected chi connectivity index (χ0v) is 15.1. The molecule has 8 nitrogen and oxygen atoms in total. The first-order valence-electron chi connectivity index (χ1n) is 9.24. The van der Waals surface area contributed by atoms with Crippen molar-refractivity contribution in [3.05, 3.63) is 65.7 Å². The number of benzene rings is 1. The fraction of sp³-hybridized carbons (Fsp3) is 0.368. The molecule has 1 fully saturated rings. The van der Waals surface area contributed by atoms with Crippen LogP contribution in [0.15, 0.2) is 48.9 Å². The first kappa shape index (κ1) is 17.4. The Morgan fingerprint density at radius 2 is 1.96 bits per heavy atom. The molecular weight excluding hydrogens is 342 g/mol. The molecule has 0 spiro atoms. The maximum absolute atomic E-state index is 12.3. The number of aromatic nitrogens is 5. The van der Waals surface area contributed by atoms with Gasteiger partial charge in [0.15, 0.2) is 5.69 Å². The van der Waals surface area contributed by atoms with Crippen molar-refractivity contribution >= 4 is 5.91 Å². The Morgan fingerprint density at radius 3 is 2.70 bits per heavy atom. The number of carbonyl (C=O) groups excluding carboxylic acids is 1. The zero-order valence-electron chi connectivity index (χ0n) is 15.1. The van der Waals surface area contributed by atoms with Crippen molar-refractivity contribution in [3.63, 3.8) is 0 Å². The van der Waals surface area contributed by atoms with Crippen LogP contribution in [0.5, 0.6) is 0 Å². The second-order valence-corrected chi connectivity index (χ2v) is 6.77. The third kappa shape index (κ3) is 4.40. The normalized spacial score (nSPS) is 15.0. The fourth-order valence-corrected chi connectivity index (χ4v) is 3.25. The van der Waals surface area contributed by atoms with Crippen molar-refractivity contribution in [3.8, 4) is 0 Å². The van der Waals surface area contributed by atoms with Crippen LogP contribution >= 0.6 is 0 Å². The summed E-state index contributed by atoms with van der Waals surface area (Å²) in [6.45, 7) is 3.14. The van der Waals surface area contributed by atoms with Gasteiger partial charge in [-0.15, -0.1) is 5.10 Å². The van der Waals surface area contributed by atoms with Gasteiger partial charge in [-0.25, -0.2) is 4.68 Å². The van der Waals surface area contributed by atoms with Gasteiger partial charge >= 0.3 is 0 Å². The molecule has 3 heterocycles. The summed E-state index contributed by atoms with van der Waals surface area (Å²) < 4.78 is 3.70. The highest BCUT2D eigenvalue weighted by Gasteiger charge is 2.18. The van der Waals surface area contributed by atoms with Crippen LogP contribution < -0.4 is 10.6 Å². The summed E-state index contributed by atoms with van der Waals surface area (Å²) in [5, 5.41) is 18.6. The summed E-state index contributed by atoms with van der Waals surface area (Å²) in [4.78, 5) is 12.3. The zero-order chi connectivity index (χ0) is 18.5. The molecule has 0 unspecified atom stereocenters. The molecule has 0 saturated carbocycles. The van der Waals surface area contributed by atoms with E-state index in [0.29, 0.717) is 18.3 Å². The van der Waals surface area contributed by atoms with E-state index in [9.17, 15) is 4.79 Å². The lowest BCUT2D eigenvalue weighted by Gasteiger charge is -2.22. The number of nitrogens with zero attached hydrogens (tertiary/aromatic N) is 5. The van der Waals surface area contributed by atoms with E-state index in [1.165, 1.54) is 5.56 Å².